The van der Waals surface area contributed by atoms with E-state index < -0.39 is 0 Å². The van der Waals surface area contributed by atoms with E-state index in [-0.39, 0.29) is 0 Å². The summed E-state index contributed by atoms with van der Waals surface area (Å²) in [6.07, 6.45) is 24.8. The minimum atomic E-state index is 0.735. The van der Waals surface area contributed by atoms with Gasteiger partial charge in [0, 0.05) is 39.8 Å². The molecule has 4 heterocycles. The number of aromatic nitrogens is 5. The highest BCUT2D eigenvalue weighted by molar-refractivity contribution is 5.96. The predicted molar refractivity (Wildman–Crippen MR) is 166 cm³/mol. The van der Waals surface area contributed by atoms with Gasteiger partial charge in [-0.15, -0.1) is 0 Å². The van der Waals surface area contributed by atoms with Gasteiger partial charge in [0.05, 0.1) is 28.6 Å². The van der Waals surface area contributed by atoms with E-state index in [1.807, 2.05) is 37.7 Å². The van der Waals surface area contributed by atoms with Crippen LogP contribution in [0.3, 0.4) is 0 Å². The molecule has 4 aromatic heterocycles. The lowest BCUT2D eigenvalue weighted by molar-refractivity contribution is 0.357. The summed E-state index contributed by atoms with van der Waals surface area (Å²) >= 11 is 0. The van der Waals surface area contributed by atoms with Crippen molar-refractivity contribution in [2.45, 2.75) is 51.9 Å². The number of aromatic amines is 2. The first-order valence-corrected chi connectivity index (χ1v) is 14.3. The van der Waals surface area contributed by atoms with Gasteiger partial charge in [-0.2, -0.15) is 5.10 Å². The van der Waals surface area contributed by atoms with Crippen molar-refractivity contribution in [3.63, 3.8) is 0 Å². The van der Waals surface area contributed by atoms with Crippen molar-refractivity contribution in [3.05, 3.63) is 95.7 Å². The van der Waals surface area contributed by atoms with Gasteiger partial charge >= 0.3 is 0 Å². The van der Waals surface area contributed by atoms with Crippen LogP contribution in [-0.2, 0) is 0 Å². The van der Waals surface area contributed by atoms with E-state index in [1.165, 1.54) is 32.1 Å². The Kier molecular flexibility index (Phi) is 7.32. The fourth-order valence-corrected chi connectivity index (χ4v) is 5.92. The average molecular weight is 529 g/mol. The first-order valence-electron chi connectivity index (χ1n) is 14.3. The lowest BCUT2D eigenvalue weighted by Crippen LogP contribution is -2.23. The molecular formula is C34H36N6. The quantitative estimate of drug-likeness (QED) is 0.233. The average Bonchev–Trinajstić information content (AvgIpc) is 3.73. The highest BCUT2D eigenvalue weighted by Gasteiger charge is 2.16. The number of allylic oxidation sites excluding steroid dienone is 6. The van der Waals surface area contributed by atoms with E-state index in [9.17, 15) is 0 Å². The Labute approximate surface area is 235 Å². The van der Waals surface area contributed by atoms with Crippen molar-refractivity contribution in [2.75, 3.05) is 5.32 Å². The molecular weight excluding hydrogens is 492 g/mol. The van der Waals surface area contributed by atoms with Crippen molar-refractivity contribution >= 4 is 39.9 Å². The Morgan fingerprint density at radius 3 is 2.80 bits per heavy atom. The van der Waals surface area contributed by atoms with Crippen molar-refractivity contribution in [3.8, 4) is 11.4 Å². The van der Waals surface area contributed by atoms with Crippen LogP contribution in [0.15, 0.2) is 73.9 Å². The standard InChI is InChI=1S/C34H36N6/c1-4-30-28(16-22(2)26-18-27(21-35-20-26)37-23(3)17-24-10-6-5-7-11-24)34(40-39-30)32-19-29-31(38-32)14-15-36-33(29)25-12-8-9-13-25/h4,8,12-16,18-21,24,37-39H,2-3,5-7,9-11,17H2,1H3/b28-16+,30-4+. The molecule has 1 fully saturated rings. The summed E-state index contributed by atoms with van der Waals surface area (Å²) in [5.74, 6) is 0.735. The Hall–Kier alpha value is -4.45. The van der Waals surface area contributed by atoms with Crippen LogP contribution < -0.4 is 15.9 Å². The predicted octanol–water partition coefficient (Wildman–Crippen LogP) is 6.88. The molecule has 4 aromatic rings. The van der Waals surface area contributed by atoms with Crippen LogP contribution in [0.1, 0.15) is 63.1 Å². The highest BCUT2D eigenvalue weighted by Crippen LogP contribution is 2.31. The topological polar surface area (TPSA) is 82.3 Å². The van der Waals surface area contributed by atoms with Crippen molar-refractivity contribution in [1.29, 1.82) is 0 Å². The number of hydrogen-bond donors (Lipinski definition) is 3. The maximum absolute atomic E-state index is 4.69. The first-order chi connectivity index (χ1) is 19.6. The number of nitrogens with one attached hydrogen (secondary N) is 3. The zero-order valence-corrected chi connectivity index (χ0v) is 23.1. The molecule has 2 aliphatic rings. The molecule has 2 aliphatic carbocycles. The van der Waals surface area contributed by atoms with Crippen molar-refractivity contribution in [1.82, 2.24) is 25.1 Å². The van der Waals surface area contributed by atoms with E-state index in [0.29, 0.717) is 0 Å². The second kappa shape index (κ2) is 11.3. The fraction of sp³-hybridized carbons (Fsp3) is 0.265. The molecule has 0 atom stereocenters. The first kappa shape index (κ1) is 25.8. The minimum Gasteiger partial charge on any atom is -0.358 e. The molecule has 40 heavy (non-hydrogen) atoms. The largest absolute Gasteiger partial charge is 0.358 e. The number of anilines is 1. The molecule has 6 rings (SSSR count). The lowest BCUT2D eigenvalue weighted by atomic mass is 9.86. The molecule has 3 N–H and O–H groups in total. The number of nitrogens with zero attached hydrogens (tertiary/aromatic N) is 3. The summed E-state index contributed by atoms with van der Waals surface area (Å²) in [5, 5.41) is 14.4. The number of H-pyrrole nitrogens is 2. The SMILES string of the molecule is C=C(CC1CCCCC1)Nc1cncc(C(=C)/C=c2/c(-c3cc4c(C5=CCC=C5)nccc4[nH]3)n[nH]/c2=C/C)c1. The number of hydrogen-bond acceptors (Lipinski definition) is 4. The van der Waals surface area contributed by atoms with Crippen LogP contribution in [0.2, 0.25) is 0 Å². The van der Waals surface area contributed by atoms with Crippen molar-refractivity contribution in [2.24, 2.45) is 5.92 Å². The van der Waals surface area contributed by atoms with E-state index in [0.717, 1.165) is 85.4 Å². The molecule has 6 heteroatoms. The van der Waals surface area contributed by atoms with Gasteiger partial charge < -0.3 is 10.3 Å². The molecule has 0 amide bonds. The second-order valence-corrected chi connectivity index (χ2v) is 10.9. The molecule has 0 bridgehead atoms. The van der Waals surface area contributed by atoms with Crippen LogP contribution in [-0.4, -0.2) is 25.1 Å². The summed E-state index contributed by atoms with van der Waals surface area (Å²) in [5.41, 5.74) is 8.76. The van der Waals surface area contributed by atoms with Gasteiger partial charge in [0.1, 0.15) is 5.69 Å². The van der Waals surface area contributed by atoms with E-state index >= 15 is 0 Å². The third kappa shape index (κ3) is 5.34. The second-order valence-electron chi connectivity index (χ2n) is 10.9. The number of pyridine rings is 2. The van der Waals surface area contributed by atoms with Gasteiger partial charge in [-0.05, 0) is 61.1 Å². The molecule has 6 nitrogen and oxygen atoms in total. The van der Waals surface area contributed by atoms with Gasteiger partial charge in [0.15, 0.2) is 0 Å². The van der Waals surface area contributed by atoms with Crippen LogP contribution in [0.4, 0.5) is 5.69 Å². The molecule has 0 unspecified atom stereocenters. The highest BCUT2D eigenvalue weighted by atomic mass is 15.1. The van der Waals surface area contributed by atoms with Crippen LogP contribution in [0.5, 0.6) is 0 Å². The molecule has 0 aromatic carbocycles. The Morgan fingerprint density at radius 1 is 1.12 bits per heavy atom. The van der Waals surface area contributed by atoms with Crippen LogP contribution in [0.25, 0.3) is 45.6 Å². The summed E-state index contributed by atoms with van der Waals surface area (Å²) in [7, 11) is 0. The maximum Gasteiger partial charge on any atom is 0.116 e. The molecule has 0 radical (unpaired) electrons. The lowest BCUT2D eigenvalue weighted by Gasteiger charge is -2.22. The summed E-state index contributed by atoms with van der Waals surface area (Å²) < 4.78 is 0. The van der Waals surface area contributed by atoms with Crippen LogP contribution in [0, 0.1) is 5.92 Å². The van der Waals surface area contributed by atoms with Gasteiger partial charge in [0.25, 0.3) is 0 Å². The van der Waals surface area contributed by atoms with Gasteiger partial charge in [0.2, 0.25) is 0 Å². The monoisotopic (exact) mass is 528 g/mol. The molecule has 0 aliphatic heterocycles. The van der Waals surface area contributed by atoms with Crippen LogP contribution >= 0.6 is 0 Å². The Bertz CT molecular complexity index is 1760. The maximum atomic E-state index is 4.69. The summed E-state index contributed by atoms with van der Waals surface area (Å²) in [4.78, 5) is 12.7. The van der Waals surface area contributed by atoms with Gasteiger partial charge in [-0.1, -0.05) is 69.6 Å². The number of rotatable bonds is 8. The van der Waals surface area contributed by atoms with Crippen molar-refractivity contribution < 1.29 is 0 Å². The smallest absolute Gasteiger partial charge is 0.116 e. The molecule has 0 spiro atoms. The molecule has 202 valence electrons. The van der Waals surface area contributed by atoms with Gasteiger partial charge in [-0.25, -0.2) is 0 Å². The third-order valence-electron chi connectivity index (χ3n) is 7.98. The molecule has 1 saturated carbocycles. The summed E-state index contributed by atoms with van der Waals surface area (Å²) in [6.45, 7) is 10.7. The minimum absolute atomic E-state index is 0.735. The van der Waals surface area contributed by atoms with Gasteiger partial charge in [-0.3, -0.25) is 15.1 Å². The number of fused-ring (bicyclic) bond motifs is 1. The van der Waals surface area contributed by atoms with E-state index in [1.54, 1.807) is 0 Å². The Morgan fingerprint density at radius 2 is 2.00 bits per heavy atom. The Balaban J connectivity index is 1.29. The van der Waals surface area contributed by atoms with E-state index in [4.69, 9.17) is 5.10 Å². The zero-order chi connectivity index (χ0) is 27.5. The normalized spacial score (nSPS) is 16.6. The molecule has 0 saturated heterocycles. The summed E-state index contributed by atoms with van der Waals surface area (Å²) in [6, 6.07) is 6.25. The zero-order valence-electron chi connectivity index (χ0n) is 23.1. The fourth-order valence-electron chi connectivity index (χ4n) is 5.92. The third-order valence-corrected chi connectivity index (χ3v) is 7.98. The van der Waals surface area contributed by atoms with E-state index in [2.05, 4.69) is 75.0 Å².